The van der Waals surface area contributed by atoms with Crippen LogP contribution in [0.2, 0.25) is 0 Å². The van der Waals surface area contributed by atoms with Crippen molar-refractivity contribution in [3.05, 3.63) is 71.0 Å². The number of fused-ring (bicyclic) bond motifs is 1. The van der Waals surface area contributed by atoms with Crippen LogP contribution in [0.15, 0.2) is 48.7 Å². The lowest BCUT2D eigenvalue weighted by atomic mass is 10.2. The minimum Gasteiger partial charge on any atom is -0.454 e. The fourth-order valence-electron chi connectivity index (χ4n) is 2.91. The van der Waals surface area contributed by atoms with Gasteiger partial charge in [0, 0.05) is 6.54 Å². The fraction of sp³-hybridized carbons (Fsp3) is 0.200. The van der Waals surface area contributed by atoms with Crippen molar-refractivity contribution in [1.82, 2.24) is 15.1 Å². The van der Waals surface area contributed by atoms with Crippen molar-refractivity contribution >= 4 is 5.91 Å². The van der Waals surface area contributed by atoms with E-state index in [1.807, 2.05) is 56.3 Å². The average molecular weight is 349 g/mol. The zero-order valence-electron chi connectivity index (χ0n) is 14.7. The van der Waals surface area contributed by atoms with Crippen LogP contribution in [0.5, 0.6) is 11.5 Å². The van der Waals surface area contributed by atoms with Crippen LogP contribution >= 0.6 is 0 Å². The normalized spacial score (nSPS) is 12.2. The van der Waals surface area contributed by atoms with Gasteiger partial charge in [0.25, 0.3) is 5.91 Å². The van der Waals surface area contributed by atoms with Gasteiger partial charge in [-0.2, -0.15) is 5.10 Å². The first-order valence-electron chi connectivity index (χ1n) is 8.40. The van der Waals surface area contributed by atoms with Crippen LogP contribution in [0.25, 0.3) is 5.69 Å². The Balaban J connectivity index is 1.47. The summed E-state index contributed by atoms with van der Waals surface area (Å²) in [6, 6.07) is 13.7. The largest absolute Gasteiger partial charge is 0.454 e. The summed E-state index contributed by atoms with van der Waals surface area (Å²) in [7, 11) is 0. The van der Waals surface area contributed by atoms with E-state index in [0.717, 1.165) is 22.7 Å². The molecular formula is C20H19N3O3. The molecular weight excluding hydrogens is 330 g/mol. The Labute approximate surface area is 151 Å². The van der Waals surface area contributed by atoms with Crippen LogP contribution in [-0.2, 0) is 6.54 Å². The summed E-state index contributed by atoms with van der Waals surface area (Å²) >= 11 is 0. The van der Waals surface area contributed by atoms with Crippen molar-refractivity contribution in [2.24, 2.45) is 0 Å². The number of ether oxygens (including phenoxy) is 2. The maximum atomic E-state index is 12.6. The third-order valence-corrected chi connectivity index (χ3v) is 4.42. The third kappa shape index (κ3) is 3.01. The van der Waals surface area contributed by atoms with Crippen LogP contribution < -0.4 is 14.8 Å². The predicted octanol–water partition coefficient (Wildman–Crippen LogP) is 3.15. The maximum Gasteiger partial charge on any atom is 0.255 e. The van der Waals surface area contributed by atoms with E-state index in [0.29, 0.717) is 17.9 Å². The molecule has 0 saturated carbocycles. The summed E-state index contributed by atoms with van der Waals surface area (Å²) in [6.07, 6.45) is 1.60. The van der Waals surface area contributed by atoms with Gasteiger partial charge in [-0.1, -0.05) is 23.8 Å². The van der Waals surface area contributed by atoms with E-state index in [1.54, 1.807) is 10.9 Å². The molecule has 1 aromatic heterocycles. The number of rotatable bonds is 4. The van der Waals surface area contributed by atoms with E-state index < -0.39 is 0 Å². The van der Waals surface area contributed by atoms with Crippen molar-refractivity contribution in [2.75, 3.05) is 6.79 Å². The molecule has 0 unspecified atom stereocenters. The molecule has 0 radical (unpaired) electrons. The highest BCUT2D eigenvalue weighted by Gasteiger charge is 2.16. The second-order valence-electron chi connectivity index (χ2n) is 6.26. The number of nitrogens with zero attached hydrogens (tertiary/aromatic N) is 2. The Morgan fingerprint density at radius 1 is 1.12 bits per heavy atom. The van der Waals surface area contributed by atoms with Gasteiger partial charge in [0.2, 0.25) is 6.79 Å². The lowest BCUT2D eigenvalue weighted by molar-refractivity contribution is 0.0950. The molecule has 1 aliphatic rings. The van der Waals surface area contributed by atoms with E-state index in [2.05, 4.69) is 10.4 Å². The standard InChI is InChI=1S/C20H19N3O3/c1-13-3-6-16(7-4-13)23-14(2)17(11-22-23)20(24)21-10-15-5-8-18-19(9-15)26-12-25-18/h3-9,11H,10,12H2,1-2H3,(H,21,24). The second-order valence-corrected chi connectivity index (χ2v) is 6.26. The number of hydrogen-bond acceptors (Lipinski definition) is 4. The molecule has 1 amide bonds. The van der Waals surface area contributed by atoms with Gasteiger partial charge in [-0.25, -0.2) is 4.68 Å². The van der Waals surface area contributed by atoms with Crippen LogP contribution in [0, 0.1) is 13.8 Å². The summed E-state index contributed by atoms with van der Waals surface area (Å²) in [4.78, 5) is 12.6. The minimum atomic E-state index is -0.154. The van der Waals surface area contributed by atoms with Gasteiger partial charge >= 0.3 is 0 Å². The van der Waals surface area contributed by atoms with Crippen molar-refractivity contribution in [1.29, 1.82) is 0 Å². The highest BCUT2D eigenvalue weighted by atomic mass is 16.7. The molecule has 26 heavy (non-hydrogen) atoms. The second kappa shape index (κ2) is 6.55. The zero-order valence-corrected chi connectivity index (χ0v) is 14.7. The molecule has 0 saturated heterocycles. The first-order valence-corrected chi connectivity index (χ1v) is 8.40. The number of hydrogen-bond donors (Lipinski definition) is 1. The SMILES string of the molecule is Cc1ccc(-n2ncc(C(=O)NCc3ccc4c(c3)OCO4)c2C)cc1. The summed E-state index contributed by atoms with van der Waals surface area (Å²) in [6.45, 7) is 4.57. The molecule has 0 atom stereocenters. The molecule has 4 rings (SSSR count). The topological polar surface area (TPSA) is 65.4 Å². The smallest absolute Gasteiger partial charge is 0.255 e. The van der Waals surface area contributed by atoms with Gasteiger partial charge in [0.05, 0.1) is 23.1 Å². The molecule has 1 N–H and O–H groups in total. The Bertz CT molecular complexity index is 961. The number of carbonyl (C=O) groups excluding carboxylic acids is 1. The summed E-state index contributed by atoms with van der Waals surface area (Å²) in [5, 5.41) is 7.29. The van der Waals surface area contributed by atoms with Gasteiger partial charge in [-0.05, 0) is 43.7 Å². The molecule has 6 heteroatoms. The molecule has 3 aromatic rings. The van der Waals surface area contributed by atoms with E-state index in [1.165, 1.54) is 5.56 Å². The highest BCUT2D eigenvalue weighted by Crippen LogP contribution is 2.32. The average Bonchev–Trinajstić information content (AvgIpc) is 3.26. The highest BCUT2D eigenvalue weighted by molar-refractivity contribution is 5.95. The molecule has 132 valence electrons. The molecule has 0 fully saturated rings. The first kappa shape index (κ1) is 16.2. The Kier molecular flexibility index (Phi) is 4.08. The predicted molar refractivity (Wildman–Crippen MR) is 96.8 cm³/mol. The van der Waals surface area contributed by atoms with E-state index in [-0.39, 0.29) is 12.7 Å². The van der Waals surface area contributed by atoms with Gasteiger partial charge < -0.3 is 14.8 Å². The zero-order chi connectivity index (χ0) is 18.1. The lowest BCUT2D eigenvalue weighted by Gasteiger charge is -2.07. The minimum absolute atomic E-state index is 0.154. The van der Waals surface area contributed by atoms with Gasteiger partial charge in [0.15, 0.2) is 11.5 Å². The van der Waals surface area contributed by atoms with Crippen molar-refractivity contribution in [3.8, 4) is 17.2 Å². The van der Waals surface area contributed by atoms with Crippen molar-refractivity contribution in [2.45, 2.75) is 20.4 Å². The Morgan fingerprint density at radius 3 is 2.69 bits per heavy atom. The van der Waals surface area contributed by atoms with Crippen molar-refractivity contribution < 1.29 is 14.3 Å². The van der Waals surface area contributed by atoms with E-state index >= 15 is 0 Å². The van der Waals surface area contributed by atoms with E-state index in [9.17, 15) is 4.79 Å². The maximum absolute atomic E-state index is 12.6. The first-order chi connectivity index (χ1) is 12.6. The number of nitrogens with one attached hydrogen (secondary N) is 1. The number of benzene rings is 2. The van der Waals surface area contributed by atoms with Crippen LogP contribution in [-0.4, -0.2) is 22.5 Å². The molecule has 2 aromatic carbocycles. The fourth-order valence-corrected chi connectivity index (χ4v) is 2.91. The number of aromatic nitrogens is 2. The molecule has 1 aliphatic heterocycles. The van der Waals surface area contributed by atoms with Crippen LogP contribution in [0.3, 0.4) is 0 Å². The van der Waals surface area contributed by atoms with Gasteiger partial charge in [-0.3, -0.25) is 4.79 Å². The molecule has 0 aliphatic carbocycles. The molecule has 0 bridgehead atoms. The quantitative estimate of drug-likeness (QED) is 0.786. The third-order valence-electron chi connectivity index (χ3n) is 4.42. The Morgan fingerprint density at radius 2 is 1.88 bits per heavy atom. The number of carbonyl (C=O) groups is 1. The van der Waals surface area contributed by atoms with E-state index in [4.69, 9.17) is 9.47 Å². The Hall–Kier alpha value is -3.28. The monoisotopic (exact) mass is 349 g/mol. The number of aryl methyl sites for hydroxylation is 1. The molecule has 6 nitrogen and oxygen atoms in total. The summed E-state index contributed by atoms with van der Waals surface area (Å²) in [5.41, 5.74) is 4.43. The molecule has 2 heterocycles. The lowest BCUT2D eigenvalue weighted by Crippen LogP contribution is -2.23. The number of amides is 1. The van der Waals surface area contributed by atoms with Gasteiger partial charge in [-0.15, -0.1) is 0 Å². The van der Waals surface area contributed by atoms with Gasteiger partial charge in [0.1, 0.15) is 0 Å². The van der Waals surface area contributed by atoms with Crippen LogP contribution in [0.4, 0.5) is 0 Å². The van der Waals surface area contributed by atoms with Crippen LogP contribution in [0.1, 0.15) is 27.2 Å². The van der Waals surface area contributed by atoms with Crippen molar-refractivity contribution in [3.63, 3.8) is 0 Å². The molecule has 0 spiro atoms. The summed E-state index contributed by atoms with van der Waals surface area (Å²) in [5.74, 6) is 1.29. The summed E-state index contributed by atoms with van der Waals surface area (Å²) < 4.78 is 12.4.